The minimum absolute atomic E-state index is 0.132. The molecule has 1 aromatic carbocycles. The molecule has 0 radical (unpaired) electrons. The molecule has 1 amide bonds. The van der Waals surface area contributed by atoms with Crippen LogP contribution in [0.4, 0.5) is 0 Å². The summed E-state index contributed by atoms with van der Waals surface area (Å²) in [7, 11) is 0. The van der Waals surface area contributed by atoms with Gasteiger partial charge in [-0.3, -0.25) is 4.79 Å². The lowest BCUT2D eigenvalue weighted by Crippen LogP contribution is -2.26. The van der Waals surface area contributed by atoms with Gasteiger partial charge in [-0.05, 0) is 43.7 Å². The summed E-state index contributed by atoms with van der Waals surface area (Å²) in [4.78, 5) is 12.2. The van der Waals surface area contributed by atoms with E-state index in [1.165, 1.54) is 6.26 Å². The van der Waals surface area contributed by atoms with Gasteiger partial charge in [-0.1, -0.05) is 12.1 Å². The van der Waals surface area contributed by atoms with E-state index in [4.69, 9.17) is 4.42 Å². The molecule has 0 fully saturated rings. The van der Waals surface area contributed by atoms with Gasteiger partial charge >= 0.3 is 0 Å². The summed E-state index contributed by atoms with van der Waals surface area (Å²) in [5.41, 5.74) is 2.79. The third kappa shape index (κ3) is 2.79. The predicted octanol–water partition coefficient (Wildman–Crippen LogP) is 3.26. The number of benzene rings is 1. The monoisotopic (exact) mass is 295 g/mol. The molecule has 3 aromatic rings. The molecule has 112 valence electrons. The van der Waals surface area contributed by atoms with Crippen molar-refractivity contribution >= 4 is 5.91 Å². The highest BCUT2D eigenvalue weighted by atomic mass is 16.3. The molecule has 0 spiro atoms. The number of hydrogen-bond donors (Lipinski definition) is 1. The lowest BCUT2D eigenvalue weighted by atomic mass is 10.1. The number of carbonyl (C=O) groups is 1. The van der Waals surface area contributed by atoms with Gasteiger partial charge in [-0.15, -0.1) is 0 Å². The van der Waals surface area contributed by atoms with Gasteiger partial charge in [-0.2, -0.15) is 5.10 Å². The standard InChI is InChI=1S/C17H17N3O2/c1-12-7-10-22-16(12)17(21)19-13(2)14-5-3-6-15(11-14)20-9-4-8-18-20/h3-11,13H,1-2H3,(H,19,21). The van der Waals surface area contributed by atoms with E-state index in [0.29, 0.717) is 5.76 Å². The SMILES string of the molecule is Cc1ccoc1C(=O)NC(C)c1cccc(-n2cccn2)c1. The van der Waals surface area contributed by atoms with Crippen molar-refractivity contribution in [1.82, 2.24) is 15.1 Å². The Hall–Kier alpha value is -2.82. The number of amides is 1. The maximum Gasteiger partial charge on any atom is 0.287 e. The summed E-state index contributed by atoms with van der Waals surface area (Å²) in [5, 5.41) is 7.16. The van der Waals surface area contributed by atoms with E-state index < -0.39 is 0 Å². The molecule has 0 aliphatic rings. The van der Waals surface area contributed by atoms with E-state index in [1.807, 2.05) is 50.4 Å². The number of nitrogens with zero attached hydrogens (tertiary/aromatic N) is 2. The first-order valence-electron chi connectivity index (χ1n) is 7.10. The van der Waals surface area contributed by atoms with Crippen molar-refractivity contribution in [2.75, 3.05) is 0 Å². The van der Waals surface area contributed by atoms with E-state index in [-0.39, 0.29) is 11.9 Å². The normalized spacial score (nSPS) is 12.1. The largest absolute Gasteiger partial charge is 0.459 e. The van der Waals surface area contributed by atoms with Gasteiger partial charge in [0, 0.05) is 18.0 Å². The zero-order chi connectivity index (χ0) is 15.5. The van der Waals surface area contributed by atoms with Gasteiger partial charge in [0.25, 0.3) is 5.91 Å². The van der Waals surface area contributed by atoms with Crippen molar-refractivity contribution < 1.29 is 9.21 Å². The molecule has 0 saturated heterocycles. The van der Waals surface area contributed by atoms with Crippen molar-refractivity contribution in [2.45, 2.75) is 19.9 Å². The van der Waals surface area contributed by atoms with Crippen LogP contribution < -0.4 is 5.32 Å². The van der Waals surface area contributed by atoms with E-state index >= 15 is 0 Å². The minimum Gasteiger partial charge on any atom is -0.459 e. The van der Waals surface area contributed by atoms with Crippen molar-refractivity contribution in [3.63, 3.8) is 0 Å². The highest BCUT2D eigenvalue weighted by molar-refractivity contribution is 5.93. The van der Waals surface area contributed by atoms with Gasteiger partial charge < -0.3 is 9.73 Å². The van der Waals surface area contributed by atoms with Gasteiger partial charge in [0.1, 0.15) is 0 Å². The first-order valence-corrected chi connectivity index (χ1v) is 7.10. The van der Waals surface area contributed by atoms with Crippen LogP contribution in [0.15, 0.2) is 59.5 Å². The molecular weight excluding hydrogens is 278 g/mol. The van der Waals surface area contributed by atoms with Gasteiger partial charge in [-0.25, -0.2) is 4.68 Å². The number of aryl methyl sites for hydroxylation is 1. The molecule has 22 heavy (non-hydrogen) atoms. The van der Waals surface area contributed by atoms with Gasteiger partial charge in [0.05, 0.1) is 18.0 Å². The predicted molar refractivity (Wildman–Crippen MR) is 82.9 cm³/mol. The Morgan fingerprint density at radius 2 is 2.18 bits per heavy atom. The Labute approximate surface area is 128 Å². The average molecular weight is 295 g/mol. The second kappa shape index (κ2) is 5.89. The smallest absolute Gasteiger partial charge is 0.287 e. The van der Waals surface area contributed by atoms with Crippen LogP contribution in [0.2, 0.25) is 0 Å². The van der Waals surface area contributed by atoms with Crippen LogP contribution in [-0.4, -0.2) is 15.7 Å². The number of furan rings is 1. The Morgan fingerprint density at radius 1 is 1.32 bits per heavy atom. The van der Waals surface area contributed by atoms with Gasteiger partial charge in [0.15, 0.2) is 5.76 Å². The van der Waals surface area contributed by atoms with E-state index in [1.54, 1.807) is 16.9 Å². The number of aromatic nitrogens is 2. The fourth-order valence-corrected chi connectivity index (χ4v) is 2.31. The van der Waals surface area contributed by atoms with Crippen LogP contribution in [0, 0.1) is 6.92 Å². The summed E-state index contributed by atoms with van der Waals surface area (Å²) < 4.78 is 7.01. The summed E-state index contributed by atoms with van der Waals surface area (Å²) >= 11 is 0. The van der Waals surface area contributed by atoms with Crippen LogP contribution >= 0.6 is 0 Å². The molecule has 0 bridgehead atoms. The summed E-state index contributed by atoms with van der Waals surface area (Å²) in [6.45, 7) is 3.79. The molecule has 0 aliphatic carbocycles. The Morgan fingerprint density at radius 3 is 2.86 bits per heavy atom. The summed E-state index contributed by atoms with van der Waals surface area (Å²) in [6.07, 6.45) is 5.14. The number of hydrogen-bond acceptors (Lipinski definition) is 3. The Kier molecular flexibility index (Phi) is 3.78. The van der Waals surface area contributed by atoms with Crippen LogP contribution in [0.1, 0.15) is 34.6 Å². The molecule has 5 heteroatoms. The van der Waals surface area contributed by atoms with Crippen molar-refractivity contribution in [1.29, 1.82) is 0 Å². The lowest BCUT2D eigenvalue weighted by molar-refractivity contribution is 0.0911. The highest BCUT2D eigenvalue weighted by Gasteiger charge is 2.16. The topological polar surface area (TPSA) is 60.1 Å². The molecule has 3 rings (SSSR count). The Bertz CT molecular complexity index is 775. The van der Waals surface area contributed by atoms with Crippen LogP contribution in [0.25, 0.3) is 5.69 Å². The second-order valence-electron chi connectivity index (χ2n) is 5.17. The fourth-order valence-electron chi connectivity index (χ4n) is 2.31. The Balaban J connectivity index is 1.78. The average Bonchev–Trinajstić information content (AvgIpc) is 3.18. The number of nitrogens with one attached hydrogen (secondary N) is 1. The van der Waals surface area contributed by atoms with Crippen LogP contribution in [0.5, 0.6) is 0 Å². The number of rotatable bonds is 4. The molecule has 0 saturated carbocycles. The second-order valence-corrected chi connectivity index (χ2v) is 5.17. The van der Waals surface area contributed by atoms with Crippen molar-refractivity contribution in [2.24, 2.45) is 0 Å². The number of carbonyl (C=O) groups excluding carboxylic acids is 1. The molecule has 1 N–H and O–H groups in total. The summed E-state index contributed by atoms with van der Waals surface area (Å²) in [6, 6.07) is 11.4. The quantitative estimate of drug-likeness (QED) is 0.803. The van der Waals surface area contributed by atoms with E-state index in [2.05, 4.69) is 10.4 Å². The molecule has 2 aromatic heterocycles. The first-order chi connectivity index (χ1) is 10.6. The molecule has 5 nitrogen and oxygen atoms in total. The molecular formula is C17H17N3O2. The zero-order valence-corrected chi connectivity index (χ0v) is 12.5. The molecule has 0 aliphatic heterocycles. The van der Waals surface area contributed by atoms with Crippen LogP contribution in [-0.2, 0) is 0 Å². The molecule has 1 atom stereocenters. The van der Waals surface area contributed by atoms with Crippen molar-refractivity contribution in [3.05, 3.63) is 71.9 Å². The fraction of sp³-hybridized carbons (Fsp3) is 0.176. The third-order valence-corrected chi connectivity index (χ3v) is 3.56. The minimum atomic E-state index is -0.209. The third-order valence-electron chi connectivity index (χ3n) is 3.56. The maximum atomic E-state index is 12.2. The van der Waals surface area contributed by atoms with Crippen LogP contribution in [0.3, 0.4) is 0 Å². The van der Waals surface area contributed by atoms with E-state index in [9.17, 15) is 4.79 Å². The van der Waals surface area contributed by atoms with Crippen molar-refractivity contribution in [3.8, 4) is 5.69 Å². The lowest BCUT2D eigenvalue weighted by Gasteiger charge is -2.15. The first kappa shape index (κ1) is 14.1. The molecule has 1 unspecified atom stereocenters. The molecule has 2 heterocycles. The zero-order valence-electron chi connectivity index (χ0n) is 12.5. The van der Waals surface area contributed by atoms with Gasteiger partial charge in [0.2, 0.25) is 0 Å². The van der Waals surface area contributed by atoms with E-state index in [0.717, 1.165) is 16.8 Å². The maximum absolute atomic E-state index is 12.2. The highest BCUT2D eigenvalue weighted by Crippen LogP contribution is 2.18. The summed E-state index contributed by atoms with van der Waals surface area (Å²) in [5.74, 6) is 0.148.